The summed E-state index contributed by atoms with van der Waals surface area (Å²) in [4.78, 5) is 39.9. The van der Waals surface area contributed by atoms with Gasteiger partial charge >= 0.3 is 65.1 Å². The number of nitrogens with zero attached hydrogens (tertiary/aromatic N) is 1. The number of fused-ring (bicyclic) bond motifs is 3. The number of ether oxygens (including phenoxy) is 1. The maximum Gasteiger partial charge on any atom is 1.00 e. The molecule has 16 heteroatoms. The molecule has 1 heterocycles. The van der Waals surface area contributed by atoms with Gasteiger partial charge in [-0.3, -0.25) is 9.59 Å². The number of nitrogens with one attached hydrogen (secondary N) is 1. The van der Waals surface area contributed by atoms with E-state index in [0.717, 1.165) is 22.9 Å². The van der Waals surface area contributed by atoms with Gasteiger partial charge in [0, 0.05) is 23.6 Å². The molecule has 0 saturated carbocycles. The first-order valence-corrected chi connectivity index (χ1v) is 17.4. The third-order valence-corrected chi connectivity index (χ3v) is 10.2. The van der Waals surface area contributed by atoms with Crippen LogP contribution >= 0.6 is 0 Å². The van der Waals surface area contributed by atoms with Crippen LogP contribution in [0, 0.1) is 0 Å². The minimum Gasteiger partial charge on any atom is -0.744 e. The van der Waals surface area contributed by atoms with E-state index in [0.29, 0.717) is 17.2 Å². The summed E-state index contributed by atoms with van der Waals surface area (Å²) in [5, 5.41) is 4.71. The number of hydrogen-bond acceptors (Lipinski definition) is 11. The van der Waals surface area contributed by atoms with Crippen molar-refractivity contribution in [3.63, 3.8) is 0 Å². The molecule has 0 bridgehead atoms. The second-order valence-electron chi connectivity index (χ2n) is 11.3. The molecule has 0 spiro atoms. The zero-order valence-corrected chi connectivity index (χ0v) is 32.9. The molecule has 0 unspecified atom stereocenters. The maximum atomic E-state index is 14.1. The predicted octanol–water partition coefficient (Wildman–Crippen LogP) is -1.18. The van der Waals surface area contributed by atoms with Crippen LogP contribution in [0.4, 0.5) is 11.4 Å². The van der Waals surface area contributed by atoms with Crippen LogP contribution in [0.2, 0.25) is 0 Å². The van der Waals surface area contributed by atoms with Gasteiger partial charge in [-0.1, -0.05) is 66.7 Å². The number of ketones is 1. The Bertz CT molecular complexity index is 2730. The maximum absolute atomic E-state index is 14.1. The number of carbonyl (C=O) groups excluding carboxylic acids is 2. The third-order valence-electron chi connectivity index (χ3n) is 8.45. The minimum atomic E-state index is -5.34. The van der Waals surface area contributed by atoms with Crippen molar-refractivity contribution < 1.29 is 99.4 Å². The molecular weight excluding hydrogens is 719 g/mol. The molecule has 12 nitrogen and oxygen atoms in total. The summed E-state index contributed by atoms with van der Waals surface area (Å²) in [6.45, 7) is -0.155. The summed E-state index contributed by atoms with van der Waals surface area (Å²) in [6, 6.07) is 24.5. The average molecular weight is 741 g/mol. The Balaban J connectivity index is 0.00000252. The van der Waals surface area contributed by atoms with Crippen molar-refractivity contribution in [2.45, 2.75) is 16.4 Å². The van der Waals surface area contributed by atoms with Crippen LogP contribution in [0.25, 0.3) is 32.8 Å². The predicted molar refractivity (Wildman–Crippen MR) is 177 cm³/mol. The van der Waals surface area contributed by atoms with E-state index >= 15 is 0 Å². The molecule has 6 aromatic rings. The van der Waals surface area contributed by atoms with E-state index in [1.165, 1.54) is 29.8 Å². The number of esters is 1. The molecule has 1 aromatic heterocycles. The Morgan fingerprint density at radius 1 is 0.765 bits per heavy atom. The molecule has 1 aliphatic carbocycles. The second kappa shape index (κ2) is 14.4. The molecule has 5 aromatic carbocycles. The zero-order valence-electron chi connectivity index (χ0n) is 27.3. The first-order valence-electron chi connectivity index (χ1n) is 14.6. The summed E-state index contributed by atoms with van der Waals surface area (Å²) in [7, 11) is -9.03. The molecular formula is C35H22N2Na2O10S2. The largest absolute Gasteiger partial charge is 1.00 e. The number of rotatable bonds is 7. The summed E-state index contributed by atoms with van der Waals surface area (Å²) in [5.74, 6) is -1.48. The molecule has 246 valence electrons. The Labute approximate surface area is 335 Å². The average Bonchev–Trinajstić information content (AvgIpc) is 3.07. The van der Waals surface area contributed by atoms with Gasteiger partial charge in [0.15, 0.2) is 5.78 Å². The number of benzene rings is 5. The standard InChI is InChI=1S/C35H24N2O10S2.2Na/c1-37-27-16-15-26(36-25-14-13-21(48(41,42)43)17-28(25)49(44,45)46)30-31(27)29(23-11-4-5-12-24(23)33(30)38)32(34(37)39)35(40)47-18-20-9-6-8-19-7-2-3-10-22(19)20;;/h2-17,36H,18H2,1H3,(H,41,42,43)(H,44,45,46);;/q;2*+1/p-2. The molecule has 7 rings (SSSR count). The monoisotopic (exact) mass is 740 g/mol. The van der Waals surface area contributed by atoms with Gasteiger partial charge in [-0.15, -0.1) is 0 Å². The molecule has 0 fully saturated rings. The Morgan fingerprint density at radius 2 is 1.41 bits per heavy atom. The van der Waals surface area contributed by atoms with Crippen LogP contribution in [0.15, 0.2) is 112 Å². The van der Waals surface area contributed by atoms with E-state index in [9.17, 15) is 40.3 Å². The summed E-state index contributed by atoms with van der Waals surface area (Å²) >= 11 is 0. The Morgan fingerprint density at radius 3 is 2.12 bits per heavy atom. The van der Waals surface area contributed by atoms with Crippen molar-refractivity contribution in [2.75, 3.05) is 5.32 Å². The van der Waals surface area contributed by atoms with E-state index in [4.69, 9.17) is 4.74 Å². The SMILES string of the molecule is Cn1c(=O)c(C(=O)OCc2cccc3ccccc23)c2c3c(c(Nc4ccc(S(=O)(=O)[O-])cc4S(=O)(=O)[O-])ccc31)C(=O)c1ccccc1-2.[Na+].[Na+]. The second-order valence-corrected chi connectivity index (χ2v) is 14.0. The molecule has 0 amide bonds. The van der Waals surface area contributed by atoms with Crippen molar-refractivity contribution in [3.8, 4) is 11.1 Å². The third kappa shape index (κ3) is 6.84. The summed E-state index contributed by atoms with van der Waals surface area (Å²) < 4.78 is 78.2. The van der Waals surface area contributed by atoms with Gasteiger partial charge in [0.25, 0.3) is 5.56 Å². The van der Waals surface area contributed by atoms with Crippen molar-refractivity contribution in [1.29, 1.82) is 0 Å². The smallest absolute Gasteiger partial charge is 0.744 e. The molecule has 0 saturated heterocycles. The Kier molecular flexibility index (Phi) is 10.9. The fourth-order valence-electron chi connectivity index (χ4n) is 6.21. The molecule has 0 atom stereocenters. The van der Waals surface area contributed by atoms with Crippen molar-refractivity contribution in [3.05, 3.63) is 130 Å². The zero-order chi connectivity index (χ0) is 34.8. The van der Waals surface area contributed by atoms with Gasteiger partial charge in [0.05, 0.1) is 32.2 Å². The van der Waals surface area contributed by atoms with Gasteiger partial charge in [-0.05, 0) is 52.2 Å². The van der Waals surface area contributed by atoms with E-state index in [1.807, 2.05) is 36.4 Å². The first-order chi connectivity index (χ1) is 23.3. The molecule has 51 heavy (non-hydrogen) atoms. The van der Waals surface area contributed by atoms with Crippen LogP contribution in [0.5, 0.6) is 0 Å². The van der Waals surface area contributed by atoms with Gasteiger partial charge in [-0.25, -0.2) is 21.6 Å². The number of hydrogen-bond donors (Lipinski definition) is 1. The molecule has 1 aliphatic rings. The fourth-order valence-corrected chi connectivity index (χ4v) is 7.44. The van der Waals surface area contributed by atoms with E-state index in [1.54, 1.807) is 24.3 Å². The van der Waals surface area contributed by atoms with Crippen molar-refractivity contribution >= 4 is 65.0 Å². The topological polar surface area (TPSA) is 192 Å². The first kappa shape index (κ1) is 38.6. The van der Waals surface area contributed by atoms with Crippen LogP contribution in [0.1, 0.15) is 31.8 Å². The van der Waals surface area contributed by atoms with Gasteiger partial charge in [-0.2, -0.15) is 0 Å². The van der Waals surface area contributed by atoms with Crippen LogP contribution in [-0.4, -0.2) is 42.3 Å². The van der Waals surface area contributed by atoms with Crippen molar-refractivity contribution in [1.82, 2.24) is 4.57 Å². The van der Waals surface area contributed by atoms with Crippen LogP contribution < -0.4 is 70.0 Å². The van der Waals surface area contributed by atoms with Gasteiger partial charge < -0.3 is 23.7 Å². The number of aromatic nitrogens is 1. The molecule has 0 aliphatic heterocycles. The summed E-state index contributed by atoms with van der Waals surface area (Å²) in [6.07, 6.45) is 0. The van der Waals surface area contributed by atoms with Crippen LogP contribution in [-0.2, 0) is 38.6 Å². The number of pyridine rings is 1. The van der Waals surface area contributed by atoms with Gasteiger partial charge in [0.2, 0.25) is 0 Å². The van der Waals surface area contributed by atoms with E-state index in [-0.39, 0.29) is 105 Å². The van der Waals surface area contributed by atoms with E-state index in [2.05, 4.69) is 5.32 Å². The number of anilines is 2. The van der Waals surface area contributed by atoms with Crippen LogP contribution in [0.3, 0.4) is 0 Å². The Hall–Kier alpha value is -3.67. The van der Waals surface area contributed by atoms with Gasteiger partial charge in [0.1, 0.15) is 32.4 Å². The molecule has 1 N–H and O–H groups in total. The summed E-state index contributed by atoms with van der Waals surface area (Å²) in [5.41, 5.74) is 0.0150. The quantitative estimate of drug-likeness (QED) is 0.118. The minimum absolute atomic E-state index is 0. The van der Waals surface area contributed by atoms with Crippen molar-refractivity contribution in [2.24, 2.45) is 7.05 Å². The molecule has 0 radical (unpaired) electrons. The van der Waals surface area contributed by atoms with E-state index < -0.39 is 53.0 Å². The fraction of sp³-hybridized carbons (Fsp3) is 0.0571. The number of aryl methyl sites for hydroxylation is 1. The normalized spacial score (nSPS) is 12.1. The number of carbonyl (C=O) groups is 2.